The maximum absolute atomic E-state index is 13.2. The van der Waals surface area contributed by atoms with Crippen LogP contribution in [0.15, 0.2) is 28.2 Å². The van der Waals surface area contributed by atoms with Gasteiger partial charge in [-0.2, -0.15) is 0 Å². The van der Waals surface area contributed by atoms with Crippen LogP contribution in [0.4, 0.5) is 14.5 Å². The molecule has 0 bridgehead atoms. The highest BCUT2D eigenvalue weighted by atomic mass is 32.2. The van der Waals surface area contributed by atoms with Gasteiger partial charge >= 0.3 is 0 Å². The average molecular weight is 407 g/mol. The van der Waals surface area contributed by atoms with Gasteiger partial charge in [-0.15, -0.1) is 11.3 Å². The van der Waals surface area contributed by atoms with E-state index in [0.717, 1.165) is 48.7 Å². The van der Waals surface area contributed by atoms with Crippen molar-refractivity contribution in [1.82, 2.24) is 9.55 Å². The molecule has 1 aliphatic carbocycles. The predicted molar refractivity (Wildman–Crippen MR) is 103 cm³/mol. The lowest BCUT2D eigenvalue weighted by Gasteiger charge is -2.08. The number of hydrogen-bond donors (Lipinski definition) is 1. The zero-order chi connectivity index (χ0) is 19.1. The summed E-state index contributed by atoms with van der Waals surface area (Å²) in [5, 5.41) is 3.66. The topological polar surface area (TPSA) is 64.0 Å². The first-order chi connectivity index (χ1) is 12.9. The molecule has 0 atom stereocenters. The number of nitrogens with zero attached hydrogens (tertiary/aromatic N) is 2. The minimum absolute atomic E-state index is 0.00410. The van der Waals surface area contributed by atoms with Crippen molar-refractivity contribution in [2.75, 3.05) is 11.1 Å². The van der Waals surface area contributed by atoms with Crippen molar-refractivity contribution in [3.63, 3.8) is 0 Å². The van der Waals surface area contributed by atoms with E-state index >= 15 is 0 Å². The molecule has 9 heteroatoms. The van der Waals surface area contributed by atoms with Gasteiger partial charge in [-0.05, 0) is 37.0 Å². The van der Waals surface area contributed by atoms with E-state index < -0.39 is 17.5 Å². The fourth-order valence-corrected chi connectivity index (χ4v) is 5.21. The lowest BCUT2D eigenvalue weighted by atomic mass is 10.2. The Bertz CT molecular complexity index is 1120. The molecule has 2 heterocycles. The van der Waals surface area contributed by atoms with Gasteiger partial charge in [0.2, 0.25) is 5.91 Å². The third-order valence-corrected chi connectivity index (χ3v) is 6.66. The predicted octanol–water partition coefficient (Wildman–Crippen LogP) is 3.49. The number of aryl methyl sites for hydroxylation is 2. The van der Waals surface area contributed by atoms with Gasteiger partial charge in [-0.25, -0.2) is 13.8 Å². The van der Waals surface area contributed by atoms with Crippen molar-refractivity contribution in [3.8, 4) is 0 Å². The summed E-state index contributed by atoms with van der Waals surface area (Å²) in [5.41, 5.74) is 1.20. The number of halogens is 2. The molecule has 0 spiro atoms. The molecule has 1 N–H and O–H groups in total. The van der Waals surface area contributed by atoms with Gasteiger partial charge in [0, 0.05) is 23.7 Å². The highest BCUT2D eigenvalue weighted by Crippen LogP contribution is 2.35. The van der Waals surface area contributed by atoms with E-state index in [1.54, 1.807) is 18.4 Å². The molecule has 1 amide bonds. The lowest BCUT2D eigenvalue weighted by molar-refractivity contribution is -0.113. The SMILES string of the molecule is Cn1c(SCC(=O)Nc2ccc(F)c(F)c2)nc2sc3c(c2c1=O)CCC3. The Morgan fingerprint density at radius 3 is 2.93 bits per heavy atom. The number of anilines is 1. The fourth-order valence-electron chi connectivity index (χ4n) is 3.14. The maximum Gasteiger partial charge on any atom is 0.262 e. The molecule has 0 radical (unpaired) electrons. The fraction of sp³-hybridized carbons (Fsp3) is 0.278. The van der Waals surface area contributed by atoms with Crippen LogP contribution in [-0.2, 0) is 24.7 Å². The van der Waals surface area contributed by atoms with Crippen LogP contribution in [0.1, 0.15) is 16.9 Å². The molecule has 140 valence electrons. The molecule has 1 aromatic carbocycles. The number of thioether (sulfide) groups is 1. The molecule has 0 aliphatic heterocycles. The molecule has 4 rings (SSSR count). The van der Waals surface area contributed by atoms with Gasteiger partial charge in [-0.1, -0.05) is 11.8 Å². The summed E-state index contributed by atoms with van der Waals surface area (Å²) in [6.07, 6.45) is 2.97. The number of hydrogen-bond acceptors (Lipinski definition) is 5. The number of aromatic nitrogens is 2. The van der Waals surface area contributed by atoms with E-state index in [2.05, 4.69) is 10.3 Å². The molecule has 0 saturated heterocycles. The van der Waals surface area contributed by atoms with Crippen molar-refractivity contribution in [1.29, 1.82) is 0 Å². The van der Waals surface area contributed by atoms with Crippen molar-refractivity contribution >= 4 is 44.9 Å². The standard InChI is InChI=1S/C18H15F2N3O2S2/c1-23-17(25)15-10-3-2-4-13(10)27-16(15)22-18(23)26-8-14(24)21-9-5-6-11(19)12(20)7-9/h5-7H,2-4,8H2,1H3,(H,21,24). The monoisotopic (exact) mass is 407 g/mol. The van der Waals surface area contributed by atoms with Gasteiger partial charge in [0.15, 0.2) is 16.8 Å². The smallest absolute Gasteiger partial charge is 0.262 e. The van der Waals surface area contributed by atoms with Crippen LogP contribution in [0.2, 0.25) is 0 Å². The van der Waals surface area contributed by atoms with E-state index in [9.17, 15) is 18.4 Å². The van der Waals surface area contributed by atoms with Crippen LogP contribution in [0.5, 0.6) is 0 Å². The molecule has 0 saturated carbocycles. The largest absolute Gasteiger partial charge is 0.325 e. The summed E-state index contributed by atoms with van der Waals surface area (Å²) in [5.74, 6) is -2.40. The first-order valence-electron chi connectivity index (χ1n) is 8.33. The first-order valence-corrected chi connectivity index (χ1v) is 10.1. The van der Waals surface area contributed by atoms with Crippen LogP contribution < -0.4 is 10.9 Å². The zero-order valence-corrected chi connectivity index (χ0v) is 16.0. The van der Waals surface area contributed by atoms with E-state index in [0.29, 0.717) is 15.4 Å². The van der Waals surface area contributed by atoms with Crippen molar-refractivity contribution in [2.45, 2.75) is 24.4 Å². The van der Waals surface area contributed by atoms with Crippen LogP contribution in [-0.4, -0.2) is 21.2 Å². The number of benzene rings is 1. The zero-order valence-electron chi connectivity index (χ0n) is 14.3. The van der Waals surface area contributed by atoms with Crippen molar-refractivity contribution in [3.05, 3.63) is 50.6 Å². The van der Waals surface area contributed by atoms with E-state index in [-0.39, 0.29) is 17.0 Å². The van der Waals surface area contributed by atoms with Crippen LogP contribution >= 0.6 is 23.1 Å². The van der Waals surface area contributed by atoms with Crippen LogP contribution in [0.3, 0.4) is 0 Å². The van der Waals surface area contributed by atoms with Crippen molar-refractivity contribution < 1.29 is 13.6 Å². The summed E-state index contributed by atoms with van der Waals surface area (Å²) >= 11 is 2.68. The lowest BCUT2D eigenvalue weighted by Crippen LogP contribution is -2.21. The number of carbonyl (C=O) groups excluding carboxylic acids is 1. The van der Waals surface area contributed by atoms with Gasteiger partial charge in [-0.3, -0.25) is 14.2 Å². The molecule has 0 fully saturated rings. The normalized spacial score (nSPS) is 13.1. The Balaban J connectivity index is 1.52. The second kappa shape index (κ2) is 7.05. The number of nitrogens with one attached hydrogen (secondary N) is 1. The summed E-state index contributed by atoms with van der Waals surface area (Å²) < 4.78 is 27.6. The Morgan fingerprint density at radius 1 is 1.33 bits per heavy atom. The van der Waals surface area contributed by atoms with E-state index in [4.69, 9.17) is 0 Å². The molecular formula is C18H15F2N3O2S2. The number of fused-ring (bicyclic) bond motifs is 3. The average Bonchev–Trinajstić information content (AvgIpc) is 3.20. The number of amides is 1. The number of rotatable bonds is 4. The summed E-state index contributed by atoms with van der Waals surface area (Å²) in [7, 11) is 1.64. The Hall–Kier alpha value is -2.26. The van der Waals surface area contributed by atoms with E-state index in [1.165, 1.54) is 15.5 Å². The first kappa shape index (κ1) is 18.1. The van der Waals surface area contributed by atoms with Gasteiger partial charge in [0.05, 0.1) is 11.1 Å². The number of carbonyl (C=O) groups is 1. The Labute approximate surface area is 161 Å². The highest BCUT2D eigenvalue weighted by Gasteiger charge is 2.22. The molecule has 0 unspecified atom stereocenters. The van der Waals surface area contributed by atoms with Crippen LogP contribution in [0, 0.1) is 11.6 Å². The Morgan fingerprint density at radius 2 is 2.15 bits per heavy atom. The molecular weight excluding hydrogens is 392 g/mol. The molecule has 1 aliphatic rings. The highest BCUT2D eigenvalue weighted by molar-refractivity contribution is 7.99. The summed E-state index contributed by atoms with van der Waals surface area (Å²) in [4.78, 5) is 31.3. The minimum Gasteiger partial charge on any atom is -0.325 e. The second-order valence-electron chi connectivity index (χ2n) is 6.26. The van der Waals surface area contributed by atoms with E-state index in [1.807, 2.05) is 0 Å². The maximum atomic E-state index is 13.2. The van der Waals surface area contributed by atoms with Crippen LogP contribution in [0.25, 0.3) is 10.2 Å². The molecule has 27 heavy (non-hydrogen) atoms. The summed E-state index contributed by atoms with van der Waals surface area (Å²) in [6, 6.07) is 3.16. The molecule has 5 nitrogen and oxygen atoms in total. The quantitative estimate of drug-likeness (QED) is 0.531. The third kappa shape index (κ3) is 3.37. The number of thiophene rings is 1. The van der Waals surface area contributed by atoms with Gasteiger partial charge < -0.3 is 5.32 Å². The summed E-state index contributed by atoms with van der Waals surface area (Å²) in [6.45, 7) is 0. The second-order valence-corrected chi connectivity index (χ2v) is 8.29. The van der Waals surface area contributed by atoms with Gasteiger partial charge in [0.25, 0.3) is 5.56 Å². The molecule has 3 aromatic rings. The van der Waals surface area contributed by atoms with Crippen molar-refractivity contribution in [2.24, 2.45) is 7.05 Å². The minimum atomic E-state index is -1.03. The third-order valence-electron chi connectivity index (χ3n) is 4.44. The Kier molecular flexibility index (Phi) is 4.73. The molecule has 2 aromatic heterocycles. The van der Waals surface area contributed by atoms with Gasteiger partial charge in [0.1, 0.15) is 4.83 Å².